The first-order chi connectivity index (χ1) is 7.65. The molecule has 0 spiro atoms. The molecule has 1 saturated heterocycles. The van der Waals surface area contributed by atoms with E-state index in [0.717, 1.165) is 25.9 Å². The summed E-state index contributed by atoms with van der Waals surface area (Å²) in [5.41, 5.74) is 0. The first kappa shape index (κ1) is 13.0. The fraction of sp³-hybridized carbons (Fsp3) is 0.833. The van der Waals surface area contributed by atoms with Gasteiger partial charge >= 0.3 is 0 Å². The number of nitrogens with zero attached hydrogens (tertiary/aromatic N) is 3. The van der Waals surface area contributed by atoms with E-state index in [2.05, 4.69) is 6.07 Å². The van der Waals surface area contributed by atoms with Crippen LogP contribution < -0.4 is 0 Å². The van der Waals surface area contributed by atoms with Gasteiger partial charge in [-0.25, -0.2) is 0 Å². The van der Waals surface area contributed by atoms with Crippen LogP contribution in [-0.4, -0.2) is 48.4 Å². The summed E-state index contributed by atoms with van der Waals surface area (Å²) in [5.74, 6) is 0.201. The quantitative estimate of drug-likeness (QED) is 0.720. The van der Waals surface area contributed by atoms with Crippen molar-refractivity contribution in [3.05, 3.63) is 0 Å². The minimum absolute atomic E-state index is 0.152. The Balaban J connectivity index is 2.35. The third kappa shape index (κ3) is 3.82. The van der Waals surface area contributed by atoms with Gasteiger partial charge in [-0.15, -0.1) is 0 Å². The van der Waals surface area contributed by atoms with Gasteiger partial charge in [0.2, 0.25) is 5.91 Å². The predicted octanol–water partition coefficient (Wildman–Crippen LogP) is 1.23. The predicted molar refractivity (Wildman–Crippen MR) is 62.8 cm³/mol. The van der Waals surface area contributed by atoms with E-state index in [-0.39, 0.29) is 11.9 Å². The molecule has 0 aromatic carbocycles. The molecule has 0 aromatic heterocycles. The molecule has 1 atom stereocenters. The number of piperidine rings is 1. The zero-order valence-corrected chi connectivity index (χ0v) is 10.3. The molecule has 0 saturated carbocycles. The lowest BCUT2D eigenvalue weighted by molar-refractivity contribution is -0.133. The number of nitriles is 1. The monoisotopic (exact) mass is 223 g/mol. The maximum atomic E-state index is 11.9. The van der Waals surface area contributed by atoms with Crippen LogP contribution in [0.25, 0.3) is 0 Å². The summed E-state index contributed by atoms with van der Waals surface area (Å²) in [6, 6.07) is 2.29. The smallest absolute Gasteiger partial charge is 0.236 e. The van der Waals surface area contributed by atoms with Gasteiger partial charge in [-0.2, -0.15) is 5.26 Å². The molecule has 1 unspecified atom stereocenters. The first-order valence-corrected chi connectivity index (χ1v) is 6.00. The average molecular weight is 223 g/mol. The number of amides is 1. The molecule has 1 heterocycles. The van der Waals surface area contributed by atoms with Crippen LogP contribution in [0, 0.1) is 11.3 Å². The van der Waals surface area contributed by atoms with Crippen LogP contribution in [0.5, 0.6) is 0 Å². The Labute approximate surface area is 97.8 Å². The largest absolute Gasteiger partial charge is 0.342 e. The van der Waals surface area contributed by atoms with Crippen LogP contribution in [0.1, 0.15) is 32.6 Å². The van der Waals surface area contributed by atoms with E-state index in [1.165, 1.54) is 6.42 Å². The Morgan fingerprint density at radius 1 is 1.44 bits per heavy atom. The first-order valence-electron chi connectivity index (χ1n) is 6.00. The SMILES string of the molecule is CC(CC#N)N(C)CC(=O)N1CCCCC1. The average Bonchev–Trinajstić information content (AvgIpc) is 2.30. The summed E-state index contributed by atoms with van der Waals surface area (Å²) in [7, 11) is 1.91. The number of carbonyl (C=O) groups is 1. The summed E-state index contributed by atoms with van der Waals surface area (Å²) in [5, 5.41) is 8.60. The van der Waals surface area contributed by atoms with Crippen LogP contribution >= 0.6 is 0 Å². The Morgan fingerprint density at radius 2 is 2.06 bits per heavy atom. The molecule has 0 radical (unpaired) electrons. The van der Waals surface area contributed by atoms with Gasteiger partial charge in [0.25, 0.3) is 0 Å². The normalized spacial score (nSPS) is 18.2. The summed E-state index contributed by atoms with van der Waals surface area (Å²) < 4.78 is 0. The Kier molecular flexibility index (Phi) is 5.27. The van der Waals surface area contributed by atoms with Crippen molar-refractivity contribution < 1.29 is 4.79 Å². The van der Waals surface area contributed by atoms with E-state index < -0.39 is 0 Å². The van der Waals surface area contributed by atoms with Crippen LogP contribution in [-0.2, 0) is 4.79 Å². The van der Waals surface area contributed by atoms with Crippen molar-refractivity contribution in [3.8, 4) is 6.07 Å². The molecule has 4 nitrogen and oxygen atoms in total. The van der Waals surface area contributed by atoms with Gasteiger partial charge < -0.3 is 4.90 Å². The molecule has 0 aliphatic carbocycles. The molecule has 4 heteroatoms. The van der Waals surface area contributed by atoms with Crippen molar-refractivity contribution in [2.24, 2.45) is 0 Å². The molecule has 0 aromatic rings. The van der Waals surface area contributed by atoms with Crippen molar-refractivity contribution in [3.63, 3.8) is 0 Å². The molecule has 1 aliphatic rings. The molecule has 1 rings (SSSR count). The lowest BCUT2D eigenvalue weighted by Crippen LogP contribution is -2.43. The van der Waals surface area contributed by atoms with Crippen molar-refractivity contribution in [1.82, 2.24) is 9.80 Å². The van der Waals surface area contributed by atoms with Gasteiger partial charge in [0.05, 0.1) is 19.0 Å². The van der Waals surface area contributed by atoms with E-state index in [1.807, 2.05) is 23.8 Å². The lowest BCUT2D eigenvalue weighted by atomic mass is 10.1. The fourth-order valence-corrected chi connectivity index (χ4v) is 1.90. The summed E-state index contributed by atoms with van der Waals surface area (Å²) in [6.07, 6.45) is 3.97. The second-order valence-electron chi connectivity index (χ2n) is 4.57. The summed E-state index contributed by atoms with van der Waals surface area (Å²) in [4.78, 5) is 15.8. The second-order valence-corrected chi connectivity index (χ2v) is 4.57. The Bertz CT molecular complexity index is 266. The molecule has 1 fully saturated rings. The minimum Gasteiger partial charge on any atom is -0.342 e. The molecule has 0 bridgehead atoms. The van der Waals surface area contributed by atoms with Gasteiger partial charge in [0.15, 0.2) is 0 Å². The number of rotatable bonds is 4. The van der Waals surface area contributed by atoms with Crippen LogP contribution in [0.3, 0.4) is 0 Å². The molecule has 0 N–H and O–H groups in total. The van der Waals surface area contributed by atoms with Crippen LogP contribution in [0.15, 0.2) is 0 Å². The summed E-state index contributed by atoms with van der Waals surface area (Å²) >= 11 is 0. The van der Waals surface area contributed by atoms with E-state index in [0.29, 0.717) is 13.0 Å². The summed E-state index contributed by atoms with van der Waals surface area (Å²) in [6.45, 7) is 4.22. The zero-order valence-electron chi connectivity index (χ0n) is 10.3. The lowest BCUT2D eigenvalue weighted by Gasteiger charge is -2.30. The van der Waals surface area contributed by atoms with E-state index >= 15 is 0 Å². The van der Waals surface area contributed by atoms with E-state index in [1.54, 1.807) is 0 Å². The minimum atomic E-state index is 0.152. The van der Waals surface area contributed by atoms with Crippen molar-refractivity contribution in [1.29, 1.82) is 5.26 Å². The molecular weight excluding hydrogens is 202 g/mol. The molecule has 90 valence electrons. The van der Waals surface area contributed by atoms with Gasteiger partial charge in [-0.05, 0) is 33.2 Å². The molecule has 1 aliphatic heterocycles. The standard InChI is InChI=1S/C12H21N3O/c1-11(6-7-13)14(2)10-12(16)15-8-4-3-5-9-15/h11H,3-6,8-10H2,1-2H3. The molecular formula is C12H21N3O. The number of hydrogen-bond acceptors (Lipinski definition) is 3. The van der Waals surface area contributed by atoms with Crippen LogP contribution in [0.4, 0.5) is 0 Å². The fourth-order valence-electron chi connectivity index (χ4n) is 1.90. The highest BCUT2D eigenvalue weighted by Gasteiger charge is 2.19. The van der Waals surface area contributed by atoms with Gasteiger partial charge in [-0.1, -0.05) is 0 Å². The van der Waals surface area contributed by atoms with E-state index in [4.69, 9.17) is 5.26 Å². The number of likely N-dealkylation sites (N-methyl/N-ethyl adjacent to an activating group) is 1. The molecule has 16 heavy (non-hydrogen) atoms. The van der Waals surface area contributed by atoms with Crippen molar-refractivity contribution in [2.45, 2.75) is 38.6 Å². The van der Waals surface area contributed by atoms with Crippen molar-refractivity contribution in [2.75, 3.05) is 26.7 Å². The van der Waals surface area contributed by atoms with Gasteiger partial charge in [0.1, 0.15) is 0 Å². The van der Waals surface area contributed by atoms with E-state index in [9.17, 15) is 4.79 Å². The number of carbonyl (C=O) groups excluding carboxylic acids is 1. The van der Waals surface area contributed by atoms with Crippen molar-refractivity contribution >= 4 is 5.91 Å². The highest BCUT2D eigenvalue weighted by Crippen LogP contribution is 2.09. The highest BCUT2D eigenvalue weighted by atomic mass is 16.2. The number of hydrogen-bond donors (Lipinski definition) is 0. The maximum Gasteiger partial charge on any atom is 0.236 e. The van der Waals surface area contributed by atoms with Crippen LogP contribution in [0.2, 0.25) is 0 Å². The third-order valence-electron chi connectivity index (χ3n) is 3.23. The second kappa shape index (κ2) is 6.49. The van der Waals surface area contributed by atoms with Gasteiger partial charge in [-0.3, -0.25) is 9.69 Å². The Hall–Kier alpha value is -1.08. The third-order valence-corrected chi connectivity index (χ3v) is 3.23. The maximum absolute atomic E-state index is 11.9. The van der Waals surface area contributed by atoms with Gasteiger partial charge in [0, 0.05) is 19.1 Å². The zero-order chi connectivity index (χ0) is 12.0. The topological polar surface area (TPSA) is 47.3 Å². The molecule has 1 amide bonds. The Morgan fingerprint density at radius 3 is 2.62 bits per heavy atom. The highest BCUT2D eigenvalue weighted by molar-refractivity contribution is 5.78. The number of likely N-dealkylation sites (tertiary alicyclic amines) is 1.